The van der Waals surface area contributed by atoms with Crippen LogP contribution in [0.1, 0.15) is 15.9 Å². The average molecular weight is 290 g/mol. The lowest BCUT2D eigenvalue weighted by Gasteiger charge is -2.13. The van der Waals surface area contributed by atoms with Crippen molar-refractivity contribution < 1.29 is 14.7 Å². The van der Waals surface area contributed by atoms with Gasteiger partial charge in [-0.3, -0.25) is 4.79 Å². The molecule has 2 aromatic carbocycles. The summed E-state index contributed by atoms with van der Waals surface area (Å²) in [5.41, 5.74) is 2.10. The number of hydrogen-bond donors (Lipinski definition) is 2. The molecule has 0 aliphatic carbocycles. The molecule has 0 heterocycles. The molecule has 0 saturated carbocycles. The predicted molar refractivity (Wildman–Crippen MR) is 77.9 cm³/mol. The molecule has 2 N–H and O–H groups in total. The highest BCUT2D eigenvalue weighted by molar-refractivity contribution is 6.41. The fourth-order valence-corrected chi connectivity index (χ4v) is 1.97. The van der Waals surface area contributed by atoms with E-state index in [-0.39, 0.29) is 5.56 Å². The molecule has 2 rings (SSSR count). The molecule has 0 fully saturated rings. The van der Waals surface area contributed by atoms with E-state index in [1.54, 1.807) is 30.3 Å². The molecule has 0 radical (unpaired) electrons. The molecular weight excluding hydrogens is 278 g/mol. The van der Waals surface area contributed by atoms with Crippen LogP contribution in [0.2, 0.25) is 5.02 Å². The largest absolute Gasteiger partial charge is 0.475 e. The minimum Gasteiger partial charge on any atom is -0.475 e. The van der Waals surface area contributed by atoms with E-state index in [9.17, 15) is 9.59 Å². The van der Waals surface area contributed by atoms with Crippen LogP contribution in [-0.2, 0) is 4.79 Å². The van der Waals surface area contributed by atoms with Gasteiger partial charge in [0.2, 0.25) is 0 Å². The van der Waals surface area contributed by atoms with E-state index in [1.165, 1.54) is 6.07 Å². The Morgan fingerprint density at radius 3 is 2.40 bits per heavy atom. The second kappa shape index (κ2) is 5.75. The molecule has 0 aliphatic heterocycles. The molecular formula is C15H12ClNO3. The van der Waals surface area contributed by atoms with Crippen LogP contribution >= 0.6 is 11.6 Å². The fraction of sp³-hybridized carbons (Fsp3) is 0.0667. The highest BCUT2D eigenvalue weighted by Gasteiger charge is 2.18. The third-order valence-electron chi connectivity index (χ3n) is 2.90. The monoisotopic (exact) mass is 289 g/mol. The predicted octanol–water partition coefficient (Wildman–Crippen LogP) is 3.66. The Balaban J connectivity index is 2.42. The van der Waals surface area contributed by atoms with Gasteiger partial charge in [0.05, 0.1) is 5.56 Å². The number of nitrogens with one attached hydrogen (secondary N) is 1. The van der Waals surface area contributed by atoms with E-state index in [1.807, 2.05) is 13.0 Å². The molecule has 5 heteroatoms. The maximum absolute atomic E-state index is 11.6. The van der Waals surface area contributed by atoms with Crippen LogP contribution in [-0.4, -0.2) is 16.9 Å². The van der Waals surface area contributed by atoms with E-state index < -0.39 is 11.8 Å². The van der Waals surface area contributed by atoms with Gasteiger partial charge < -0.3 is 10.4 Å². The summed E-state index contributed by atoms with van der Waals surface area (Å²) in [7, 11) is 0. The normalized spacial score (nSPS) is 10.1. The first-order valence-electron chi connectivity index (χ1n) is 5.89. The standard InChI is InChI=1S/C15H12ClNO3/c1-9-11(16)6-4-8-12(9)17-13-7-3-2-5-10(13)14(18)15(19)20/h2-8,17H,1H3,(H,19,20). The molecule has 0 bridgehead atoms. The third kappa shape index (κ3) is 2.81. The second-order valence-corrected chi connectivity index (χ2v) is 4.62. The molecule has 0 aliphatic rings. The Labute approximate surface area is 121 Å². The van der Waals surface area contributed by atoms with Gasteiger partial charge in [-0.2, -0.15) is 0 Å². The molecule has 20 heavy (non-hydrogen) atoms. The summed E-state index contributed by atoms with van der Waals surface area (Å²) >= 11 is 6.03. The van der Waals surface area contributed by atoms with Crippen molar-refractivity contribution in [3.8, 4) is 0 Å². The SMILES string of the molecule is Cc1c(Cl)cccc1Nc1ccccc1C(=O)C(=O)O. The number of benzene rings is 2. The van der Waals surface area contributed by atoms with Crippen molar-refractivity contribution in [3.05, 3.63) is 58.6 Å². The summed E-state index contributed by atoms with van der Waals surface area (Å²) in [6.07, 6.45) is 0. The van der Waals surface area contributed by atoms with E-state index in [0.717, 1.165) is 11.3 Å². The number of halogens is 1. The molecule has 102 valence electrons. The summed E-state index contributed by atoms with van der Waals surface area (Å²) in [6.45, 7) is 1.84. The van der Waals surface area contributed by atoms with Crippen molar-refractivity contribution in [1.29, 1.82) is 0 Å². The van der Waals surface area contributed by atoms with E-state index >= 15 is 0 Å². The Bertz CT molecular complexity index is 683. The van der Waals surface area contributed by atoms with E-state index in [4.69, 9.17) is 16.7 Å². The summed E-state index contributed by atoms with van der Waals surface area (Å²) in [4.78, 5) is 22.5. The number of rotatable bonds is 4. The summed E-state index contributed by atoms with van der Waals surface area (Å²) < 4.78 is 0. The van der Waals surface area contributed by atoms with Crippen LogP contribution in [0.15, 0.2) is 42.5 Å². The van der Waals surface area contributed by atoms with Crippen LogP contribution in [0, 0.1) is 6.92 Å². The van der Waals surface area contributed by atoms with Crippen LogP contribution in [0.3, 0.4) is 0 Å². The van der Waals surface area contributed by atoms with Crippen LogP contribution < -0.4 is 5.32 Å². The minimum atomic E-state index is -1.48. The van der Waals surface area contributed by atoms with Crippen LogP contribution in [0.4, 0.5) is 11.4 Å². The van der Waals surface area contributed by atoms with Gasteiger partial charge in [0.15, 0.2) is 0 Å². The van der Waals surface area contributed by atoms with Gasteiger partial charge in [-0.15, -0.1) is 0 Å². The maximum Gasteiger partial charge on any atom is 0.377 e. The number of ketones is 1. The lowest BCUT2D eigenvalue weighted by atomic mass is 10.1. The number of carbonyl (C=O) groups excluding carboxylic acids is 1. The maximum atomic E-state index is 11.6. The number of carboxylic acid groups (broad SMARTS) is 1. The van der Waals surface area contributed by atoms with Crippen molar-refractivity contribution in [2.75, 3.05) is 5.32 Å². The molecule has 0 saturated heterocycles. The average Bonchev–Trinajstić information content (AvgIpc) is 2.43. The Morgan fingerprint density at radius 2 is 1.70 bits per heavy atom. The molecule has 4 nitrogen and oxygen atoms in total. The third-order valence-corrected chi connectivity index (χ3v) is 3.31. The van der Waals surface area contributed by atoms with Crippen molar-refractivity contribution >= 4 is 34.7 Å². The quantitative estimate of drug-likeness (QED) is 0.666. The van der Waals surface area contributed by atoms with Gasteiger partial charge in [-0.05, 0) is 36.8 Å². The van der Waals surface area contributed by atoms with Gasteiger partial charge in [-0.1, -0.05) is 29.8 Å². The molecule has 0 unspecified atom stereocenters. The minimum absolute atomic E-state index is 0.111. The smallest absolute Gasteiger partial charge is 0.377 e. The van der Waals surface area contributed by atoms with Gasteiger partial charge in [0.1, 0.15) is 0 Å². The first kappa shape index (κ1) is 14.1. The molecule has 0 aromatic heterocycles. The molecule has 0 atom stereocenters. The van der Waals surface area contributed by atoms with Gasteiger partial charge in [-0.25, -0.2) is 4.79 Å². The number of carbonyl (C=O) groups is 2. The van der Waals surface area contributed by atoms with Crippen LogP contribution in [0.5, 0.6) is 0 Å². The van der Waals surface area contributed by atoms with E-state index in [2.05, 4.69) is 5.32 Å². The highest BCUT2D eigenvalue weighted by Crippen LogP contribution is 2.27. The Hall–Kier alpha value is -2.33. The topological polar surface area (TPSA) is 66.4 Å². The zero-order chi connectivity index (χ0) is 14.7. The number of aliphatic carboxylic acids is 1. The summed E-state index contributed by atoms with van der Waals surface area (Å²) in [5, 5.41) is 12.5. The van der Waals surface area contributed by atoms with E-state index in [0.29, 0.717) is 10.7 Å². The first-order chi connectivity index (χ1) is 9.50. The lowest BCUT2D eigenvalue weighted by Crippen LogP contribution is -2.14. The number of hydrogen-bond acceptors (Lipinski definition) is 3. The first-order valence-corrected chi connectivity index (χ1v) is 6.27. The molecule has 0 amide bonds. The van der Waals surface area contributed by atoms with Crippen molar-refractivity contribution in [2.24, 2.45) is 0 Å². The Kier molecular flexibility index (Phi) is 4.05. The van der Waals surface area contributed by atoms with Crippen LogP contribution in [0.25, 0.3) is 0 Å². The second-order valence-electron chi connectivity index (χ2n) is 4.22. The highest BCUT2D eigenvalue weighted by atomic mass is 35.5. The zero-order valence-corrected chi connectivity index (χ0v) is 11.4. The molecule has 2 aromatic rings. The zero-order valence-electron chi connectivity index (χ0n) is 10.7. The summed E-state index contributed by atoms with van der Waals surface area (Å²) in [6, 6.07) is 11.8. The van der Waals surface area contributed by atoms with Gasteiger partial charge in [0, 0.05) is 16.4 Å². The number of Topliss-reactive ketones (excluding diaryl/α,β-unsaturated/α-hetero) is 1. The van der Waals surface area contributed by atoms with Crippen molar-refractivity contribution in [3.63, 3.8) is 0 Å². The van der Waals surface area contributed by atoms with Gasteiger partial charge >= 0.3 is 5.97 Å². The number of carboxylic acids is 1. The van der Waals surface area contributed by atoms with Crippen molar-refractivity contribution in [1.82, 2.24) is 0 Å². The number of anilines is 2. The van der Waals surface area contributed by atoms with Gasteiger partial charge in [0.25, 0.3) is 5.78 Å². The fourth-order valence-electron chi connectivity index (χ4n) is 1.79. The molecule has 0 spiro atoms. The number of para-hydroxylation sites is 1. The summed E-state index contributed by atoms with van der Waals surface area (Å²) in [5.74, 6) is -2.44. The van der Waals surface area contributed by atoms with Crippen molar-refractivity contribution in [2.45, 2.75) is 6.92 Å². The Morgan fingerprint density at radius 1 is 1.05 bits per heavy atom. The lowest BCUT2D eigenvalue weighted by molar-refractivity contribution is -0.131.